The number of nitrogens with zero attached hydrogens (tertiary/aromatic N) is 6. The average Bonchev–Trinajstić information content (AvgIpc) is 3.65. The van der Waals surface area contributed by atoms with Gasteiger partial charge in [0.1, 0.15) is 17.7 Å². The van der Waals surface area contributed by atoms with E-state index in [-0.39, 0.29) is 28.9 Å². The number of benzene rings is 2. The Morgan fingerprint density at radius 1 is 1.08 bits per heavy atom. The number of hydrogen-bond donors (Lipinski definition) is 0. The molecule has 0 radical (unpaired) electrons. The Morgan fingerprint density at radius 2 is 1.82 bits per heavy atom. The fraction of sp³-hybridized carbons (Fsp3) is 0.417. The number of aryl methyl sites for hydroxylation is 2. The van der Waals surface area contributed by atoms with Crippen LogP contribution in [0, 0.1) is 12.8 Å². The number of aromatic nitrogens is 5. The third-order valence-corrected chi connectivity index (χ3v) is 12.1. The maximum atomic E-state index is 15.0. The molecule has 50 heavy (non-hydrogen) atoms. The van der Waals surface area contributed by atoms with Crippen LogP contribution in [0.4, 0.5) is 13.2 Å². The summed E-state index contributed by atoms with van der Waals surface area (Å²) in [6.45, 7) is 5.29. The maximum absolute atomic E-state index is 15.0. The number of halogens is 3. The Bertz CT molecular complexity index is 2230. The summed E-state index contributed by atoms with van der Waals surface area (Å²) in [4.78, 5) is 16.5. The van der Waals surface area contributed by atoms with Gasteiger partial charge in [-0.2, -0.15) is 13.2 Å². The highest BCUT2D eigenvalue weighted by Gasteiger charge is 2.50. The van der Waals surface area contributed by atoms with Gasteiger partial charge in [0.15, 0.2) is 0 Å². The van der Waals surface area contributed by atoms with Crippen molar-refractivity contribution < 1.29 is 26.3 Å². The Labute approximate surface area is 288 Å². The quantitative estimate of drug-likeness (QED) is 0.201. The Morgan fingerprint density at radius 3 is 2.46 bits per heavy atom. The highest BCUT2D eigenvalue weighted by molar-refractivity contribution is 7.90. The zero-order chi connectivity index (χ0) is 35.6. The van der Waals surface area contributed by atoms with Crippen LogP contribution in [0.25, 0.3) is 16.6 Å². The Hall–Kier alpha value is -4.27. The molecule has 1 saturated carbocycles. The Kier molecular flexibility index (Phi) is 8.55. The summed E-state index contributed by atoms with van der Waals surface area (Å²) in [5.74, 6) is 1.00. The first-order chi connectivity index (χ1) is 23.7. The van der Waals surface area contributed by atoms with Gasteiger partial charge in [-0.05, 0) is 81.0 Å². The minimum Gasteiger partial charge on any atom is -0.381 e. The first kappa shape index (κ1) is 34.2. The van der Waals surface area contributed by atoms with Crippen molar-refractivity contribution in [3.8, 4) is 5.69 Å². The van der Waals surface area contributed by atoms with E-state index in [1.165, 1.54) is 18.2 Å². The third-order valence-electron chi connectivity index (χ3n) is 10.3. The molecule has 0 bridgehead atoms. The van der Waals surface area contributed by atoms with E-state index in [0.717, 1.165) is 38.7 Å². The van der Waals surface area contributed by atoms with Gasteiger partial charge in [-0.15, -0.1) is 10.2 Å². The van der Waals surface area contributed by atoms with Crippen molar-refractivity contribution in [1.29, 1.82) is 0 Å². The van der Waals surface area contributed by atoms with Gasteiger partial charge >= 0.3 is 6.18 Å². The predicted molar refractivity (Wildman–Crippen MR) is 182 cm³/mol. The maximum Gasteiger partial charge on any atom is 0.418 e. The van der Waals surface area contributed by atoms with Gasteiger partial charge in [-0.1, -0.05) is 36.8 Å². The lowest BCUT2D eigenvalue weighted by Crippen LogP contribution is -2.48. The molecular weight excluding hydrogens is 669 g/mol. The van der Waals surface area contributed by atoms with Crippen LogP contribution in [0.5, 0.6) is 0 Å². The minimum absolute atomic E-state index is 0.0667. The lowest BCUT2D eigenvalue weighted by atomic mass is 9.62. The largest absolute Gasteiger partial charge is 0.418 e. The van der Waals surface area contributed by atoms with Gasteiger partial charge in [0, 0.05) is 50.2 Å². The molecule has 3 aromatic heterocycles. The second-order valence-corrected chi connectivity index (χ2v) is 15.6. The van der Waals surface area contributed by atoms with E-state index in [1.807, 2.05) is 18.0 Å². The lowest BCUT2D eigenvalue weighted by molar-refractivity contribution is -0.136. The second kappa shape index (κ2) is 12.5. The van der Waals surface area contributed by atoms with Crippen LogP contribution in [-0.4, -0.2) is 62.9 Å². The van der Waals surface area contributed by atoms with E-state index in [4.69, 9.17) is 4.74 Å². The van der Waals surface area contributed by atoms with Gasteiger partial charge in [0.2, 0.25) is 0 Å². The van der Waals surface area contributed by atoms with Crippen molar-refractivity contribution in [2.75, 3.05) is 20.2 Å². The van der Waals surface area contributed by atoms with E-state index >= 15 is 0 Å². The van der Waals surface area contributed by atoms with Crippen LogP contribution in [0.2, 0.25) is 0 Å². The van der Waals surface area contributed by atoms with Crippen LogP contribution in [0.3, 0.4) is 0 Å². The van der Waals surface area contributed by atoms with E-state index in [0.29, 0.717) is 37.7 Å². The normalized spacial score (nSPS) is 21.8. The highest BCUT2D eigenvalue weighted by atomic mass is 32.2. The van der Waals surface area contributed by atoms with E-state index in [2.05, 4.69) is 17.1 Å². The molecule has 264 valence electrons. The first-order valence-corrected chi connectivity index (χ1v) is 18.1. The topological polar surface area (TPSA) is 104 Å². The third kappa shape index (κ3) is 5.76. The van der Waals surface area contributed by atoms with Crippen LogP contribution in [0.1, 0.15) is 60.8 Å². The fourth-order valence-electron chi connectivity index (χ4n) is 7.70. The summed E-state index contributed by atoms with van der Waals surface area (Å²) >= 11 is 0. The predicted octanol–water partition coefficient (Wildman–Crippen LogP) is 5.81. The Balaban J connectivity index is 1.47. The summed E-state index contributed by atoms with van der Waals surface area (Å²) in [7, 11) is -1.07. The molecule has 7 rings (SSSR count). The summed E-state index contributed by atoms with van der Waals surface area (Å²) < 4.78 is 83.0. The van der Waals surface area contributed by atoms with Gasteiger partial charge < -0.3 is 9.30 Å². The monoisotopic (exact) mass is 708 g/mol. The van der Waals surface area contributed by atoms with Crippen LogP contribution in [-0.2, 0) is 39.9 Å². The molecule has 2 fully saturated rings. The summed E-state index contributed by atoms with van der Waals surface area (Å²) in [5.41, 5.74) is -1.38. The molecule has 5 aromatic rings. The van der Waals surface area contributed by atoms with Crippen molar-refractivity contribution in [2.24, 2.45) is 13.0 Å². The van der Waals surface area contributed by atoms with E-state index in [1.54, 1.807) is 55.3 Å². The number of fused-ring (bicyclic) bond motifs is 1. The van der Waals surface area contributed by atoms with Gasteiger partial charge in [-0.25, -0.2) is 12.4 Å². The number of alkyl halides is 3. The summed E-state index contributed by atoms with van der Waals surface area (Å²) in [6, 6.07) is 14.0. The van der Waals surface area contributed by atoms with Crippen molar-refractivity contribution >= 4 is 20.9 Å². The molecule has 0 amide bonds. The van der Waals surface area contributed by atoms with Gasteiger partial charge in [-0.3, -0.25) is 14.3 Å². The molecule has 0 N–H and O–H groups in total. The highest BCUT2D eigenvalue weighted by Crippen LogP contribution is 2.49. The molecule has 2 aromatic carbocycles. The molecule has 10 nitrogen and oxygen atoms in total. The van der Waals surface area contributed by atoms with Crippen LogP contribution in [0.15, 0.2) is 76.8 Å². The number of pyridine rings is 1. The van der Waals surface area contributed by atoms with E-state index < -0.39 is 43.6 Å². The zero-order valence-corrected chi connectivity index (χ0v) is 29.1. The molecule has 0 unspecified atom stereocenters. The number of ether oxygens (including phenoxy) is 1. The molecule has 0 spiro atoms. The molecule has 1 atom stereocenters. The number of rotatable bonds is 8. The van der Waals surface area contributed by atoms with Crippen molar-refractivity contribution in [3.63, 3.8) is 0 Å². The second-order valence-electron chi connectivity index (χ2n) is 13.8. The molecule has 2 aliphatic rings. The number of methoxy groups -OCH3 is 1. The minimum atomic E-state index is -4.90. The average molecular weight is 709 g/mol. The summed E-state index contributed by atoms with van der Waals surface area (Å²) in [5, 5.41) is 7.95. The first-order valence-electron chi connectivity index (χ1n) is 16.6. The molecule has 14 heteroatoms. The fourth-order valence-corrected chi connectivity index (χ4v) is 9.23. The zero-order valence-electron chi connectivity index (χ0n) is 28.3. The molecule has 1 aliphatic heterocycles. The molecular formula is C36H39F3N6O4S. The molecule has 1 saturated heterocycles. The van der Waals surface area contributed by atoms with Crippen molar-refractivity contribution in [3.05, 3.63) is 106 Å². The number of piperidine rings is 1. The van der Waals surface area contributed by atoms with Crippen molar-refractivity contribution in [2.45, 2.75) is 68.7 Å². The molecule has 1 aliphatic carbocycles. The van der Waals surface area contributed by atoms with Gasteiger partial charge in [0.05, 0.1) is 22.0 Å². The number of likely N-dealkylation sites (tertiary alicyclic amines) is 1. The smallest absolute Gasteiger partial charge is 0.381 e. The van der Waals surface area contributed by atoms with E-state index in [9.17, 15) is 26.4 Å². The van der Waals surface area contributed by atoms with Crippen LogP contribution >= 0.6 is 0 Å². The van der Waals surface area contributed by atoms with Crippen LogP contribution < -0.4 is 5.56 Å². The molecule has 4 heterocycles. The number of hydrogen-bond acceptors (Lipinski definition) is 7. The SMILES string of the molecule is COC1CC(c2cccc(-n3cc(C(F)(F)F)c4cc(CN5CCC[C@H](C)C5)n(S(=O)(=O)c5ccc(C)cc5)c4c3=O)c2)(c2nncn2C)C1. The van der Waals surface area contributed by atoms with Crippen molar-refractivity contribution in [1.82, 2.24) is 28.2 Å². The summed E-state index contributed by atoms with van der Waals surface area (Å²) in [6.07, 6.45) is 0.392. The standard InChI is InChI=1S/C36H39F3N6O4S/c1-23-10-12-29(13-11-23)50(47,48)45-27(20-43-14-6-7-24(2)19-43)16-30-31(36(37,38)39)21-44(33(46)32(30)45)26-9-5-8-25(15-26)35(17-28(18-35)49-4)34-41-40-22-42(34)3/h5,8-13,15-16,21-22,24,28H,6-7,14,17-20H2,1-4H3/t24-,28?,35?/m0/s1. The lowest BCUT2D eigenvalue weighted by Gasteiger charge is -2.46. The van der Waals surface area contributed by atoms with Gasteiger partial charge in [0.25, 0.3) is 15.6 Å².